The minimum atomic E-state index is -0.330. The Labute approximate surface area is 142 Å². The molecule has 3 aromatic rings. The van der Waals surface area contributed by atoms with Gasteiger partial charge in [-0.3, -0.25) is 14.3 Å². The molecule has 7 nitrogen and oxygen atoms in total. The van der Waals surface area contributed by atoms with E-state index >= 15 is 0 Å². The maximum Gasteiger partial charge on any atom is 0.417 e. The third kappa shape index (κ3) is 5.10. The van der Waals surface area contributed by atoms with E-state index in [9.17, 15) is 9.18 Å². The quantitative estimate of drug-likeness (QED) is 0.705. The van der Waals surface area contributed by atoms with Crippen LogP contribution in [0.2, 0.25) is 0 Å². The number of ether oxygens (including phenoxy) is 1. The second-order valence-electron chi connectivity index (χ2n) is 5.17. The molecule has 0 fully saturated rings. The second-order valence-corrected chi connectivity index (χ2v) is 5.17. The van der Waals surface area contributed by atoms with E-state index in [0.717, 1.165) is 11.3 Å². The second kappa shape index (κ2) is 8.00. The lowest BCUT2D eigenvalue weighted by atomic mass is 10.1. The monoisotopic (exact) mass is 342 g/mol. The van der Waals surface area contributed by atoms with Gasteiger partial charge in [0.05, 0.1) is 12.2 Å². The van der Waals surface area contributed by atoms with Gasteiger partial charge in [-0.05, 0) is 29.8 Å². The molecular formula is C17H15FN4O3. The molecule has 0 aliphatic rings. The molecule has 1 aromatic carbocycles. The molecule has 0 atom stereocenters. The predicted octanol–water partition coefficient (Wildman–Crippen LogP) is 1.89. The van der Waals surface area contributed by atoms with Gasteiger partial charge >= 0.3 is 6.08 Å². The summed E-state index contributed by atoms with van der Waals surface area (Å²) in [6.45, 7) is 0.0632. The average Bonchev–Trinajstić information content (AvgIpc) is 3.08. The first kappa shape index (κ1) is 16.6. The van der Waals surface area contributed by atoms with Crippen molar-refractivity contribution in [2.75, 3.05) is 6.61 Å². The first-order valence-electron chi connectivity index (χ1n) is 7.55. The summed E-state index contributed by atoms with van der Waals surface area (Å²) in [5, 5.41) is 6.43. The summed E-state index contributed by atoms with van der Waals surface area (Å²) in [4.78, 5) is 19.9. The van der Waals surface area contributed by atoms with Crippen LogP contribution in [0.15, 0.2) is 53.2 Å². The van der Waals surface area contributed by atoms with Crippen molar-refractivity contribution in [3.8, 4) is 6.08 Å². The third-order valence-electron chi connectivity index (χ3n) is 3.24. The molecule has 1 amide bonds. The summed E-state index contributed by atoms with van der Waals surface area (Å²) in [7, 11) is 0. The van der Waals surface area contributed by atoms with E-state index in [-0.39, 0.29) is 24.4 Å². The molecule has 0 unspecified atom stereocenters. The molecule has 0 saturated heterocycles. The fourth-order valence-electron chi connectivity index (χ4n) is 2.02. The molecule has 0 radical (unpaired) electrons. The Hall–Kier alpha value is -3.29. The van der Waals surface area contributed by atoms with Crippen molar-refractivity contribution in [2.45, 2.75) is 13.0 Å². The summed E-state index contributed by atoms with van der Waals surface area (Å²) in [5.74, 6) is -0.253. The molecule has 0 spiro atoms. The van der Waals surface area contributed by atoms with Crippen LogP contribution in [0.25, 0.3) is 0 Å². The van der Waals surface area contributed by atoms with E-state index in [1.165, 1.54) is 12.1 Å². The molecular weight excluding hydrogens is 327 g/mol. The molecule has 128 valence electrons. The van der Waals surface area contributed by atoms with Gasteiger partial charge in [0.15, 0.2) is 12.4 Å². The van der Waals surface area contributed by atoms with Gasteiger partial charge in [0.2, 0.25) is 0 Å². The minimum absolute atomic E-state index is 0.0925. The highest BCUT2D eigenvalue weighted by atomic mass is 19.1. The van der Waals surface area contributed by atoms with Crippen LogP contribution in [0.1, 0.15) is 17.1 Å². The van der Waals surface area contributed by atoms with Crippen molar-refractivity contribution in [1.29, 1.82) is 0 Å². The zero-order chi connectivity index (χ0) is 17.5. The fourth-order valence-corrected chi connectivity index (χ4v) is 2.02. The molecule has 0 aliphatic carbocycles. The van der Waals surface area contributed by atoms with Crippen molar-refractivity contribution in [3.63, 3.8) is 0 Å². The van der Waals surface area contributed by atoms with E-state index in [0.29, 0.717) is 18.8 Å². The Morgan fingerprint density at radius 1 is 1.20 bits per heavy atom. The number of carbonyl (C=O) groups excluding carboxylic acids is 1. The van der Waals surface area contributed by atoms with E-state index in [4.69, 9.17) is 9.26 Å². The van der Waals surface area contributed by atoms with Crippen molar-refractivity contribution < 1.29 is 18.4 Å². The third-order valence-corrected chi connectivity index (χ3v) is 3.24. The van der Waals surface area contributed by atoms with Gasteiger partial charge in [-0.2, -0.15) is 4.98 Å². The van der Waals surface area contributed by atoms with Gasteiger partial charge in [-0.1, -0.05) is 23.4 Å². The van der Waals surface area contributed by atoms with Gasteiger partial charge in [0.1, 0.15) is 5.82 Å². The Balaban J connectivity index is 1.45. The van der Waals surface area contributed by atoms with Crippen molar-refractivity contribution in [2.24, 2.45) is 0 Å². The lowest BCUT2D eigenvalue weighted by Crippen LogP contribution is -2.28. The van der Waals surface area contributed by atoms with Crippen LogP contribution < -0.4 is 10.1 Å². The molecule has 2 aromatic heterocycles. The SMILES string of the molecule is O=C(COc1nc(Cc2ccc(F)cc2)no1)NCc1ccccn1. The Kier molecular flexibility index (Phi) is 5.30. The van der Waals surface area contributed by atoms with E-state index < -0.39 is 0 Å². The first-order valence-corrected chi connectivity index (χ1v) is 7.55. The van der Waals surface area contributed by atoms with Crippen molar-refractivity contribution >= 4 is 5.91 Å². The number of aromatic nitrogens is 3. The van der Waals surface area contributed by atoms with Crippen LogP contribution in [-0.4, -0.2) is 27.6 Å². The van der Waals surface area contributed by atoms with Crippen LogP contribution in [0.5, 0.6) is 6.08 Å². The topological polar surface area (TPSA) is 90.1 Å². The van der Waals surface area contributed by atoms with Crippen molar-refractivity contribution in [3.05, 3.63) is 71.6 Å². The van der Waals surface area contributed by atoms with Crippen LogP contribution in [0, 0.1) is 5.82 Å². The molecule has 0 aliphatic heterocycles. The number of halogens is 1. The van der Waals surface area contributed by atoms with E-state index in [1.54, 1.807) is 30.5 Å². The molecule has 8 heteroatoms. The Morgan fingerprint density at radius 3 is 2.80 bits per heavy atom. The number of rotatable bonds is 7. The van der Waals surface area contributed by atoms with Gasteiger partial charge in [-0.25, -0.2) is 4.39 Å². The maximum absolute atomic E-state index is 12.9. The number of benzene rings is 1. The summed E-state index contributed by atoms with van der Waals surface area (Å²) < 4.78 is 23.0. The summed E-state index contributed by atoms with van der Waals surface area (Å²) in [6, 6.07) is 11.4. The smallest absolute Gasteiger partial charge is 0.417 e. The number of nitrogens with one attached hydrogen (secondary N) is 1. The summed E-state index contributed by atoms with van der Waals surface area (Å²) in [6.07, 6.45) is 1.93. The molecule has 3 rings (SSSR count). The Bertz CT molecular complexity index is 821. The summed E-state index contributed by atoms with van der Waals surface area (Å²) >= 11 is 0. The van der Waals surface area contributed by atoms with Gasteiger partial charge in [0, 0.05) is 12.6 Å². The standard InChI is InChI=1S/C17H15FN4O3/c18-13-6-4-12(5-7-13)9-15-21-17(25-22-15)24-11-16(23)20-10-14-3-1-2-8-19-14/h1-8H,9-11H2,(H,20,23). The maximum atomic E-state index is 12.9. The molecule has 0 saturated carbocycles. The number of carbonyl (C=O) groups is 1. The Morgan fingerprint density at radius 2 is 2.04 bits per heavy atom. The number of hydrogen-bond donors (Lipinski definition) is 1. The largest absolute Gasteiger partial charge is 0.439 e. The first-order chi connectivity index (χ1) is 12.2. The molecule has 1 N–H and O–H groups in total. The zero-order valence-electron chi connectivity index (χ0n) is 13.2. The van der Waals surface area contributed by atoms with Crippen molar-refractivity contribution in [1.82, 2.24) is 20.4 Å². The summed E-state index contributed by atoms with van der Waals surface area (Å²) in [5.41, 5.74) is 1.58. The van der Waals surface area contributed by atoms with Gasteiger partial charge in [-0.15, -0.1) is 0 Å². The molecule has 0 bridgehead atoms. The lowest BCUT2D eigenvalue weighted by molar-refractivity contribution is -0.123. The van der Waals surface area contributed by atoms with E-state index in [2.05, 4.69) is 20.4 Å². The van der Waals surface area contributed by atoms with Gasteiger partial charge < -0.3 is 10.1 Å². The van der Waals surface area contributed by atoms with E-state index in [1.807, 2.05) is 6.07 Å². The zero-order valence-corrected chi connectivity index (χ0v) is 13.2. The average molecular weight is 342 g/mol. The van der Waals surface area contributed by atoms with Crippen LogP contribution in [0.4, 0.5) is 4.39 Å². The van der Waals surface area contributed by atoms with Crippen LogP contribution >= 0.6 is 0 Å². The van der Waals surface area contributed by atoms with Crippen LogP contribution in [-0.2, 0) is 17.8 Å². The number of pyridine rings is 1. The van der Waals surface area contributed by atoms with Crippen LogP contribution in [0.3, 0.4) is 0 Å². The number of hydrogen-bond acceptors (Lipinski definition) is 6. The highest BCUT2D eigenvalue weighted by Gasteiger charge is 2.10. The minimum Gasteiger partial charge on any atom is -0.439 e. The number of amides is 1. The lowest BCUT2D eigenvalue weighted by Gasteiger charge is -2.03. The highest BCUT2D eigenvalue weighted by molar-refractivity contribution is 5.77. The highest BCUT2D eigenvalue weighted by Crippen LogP contribution is 2.11. The number of nitrogens with zero attached hydrogens (tertiary/aromatic N) is 3. The molecule has 25 heavy (non-hydrogen) atoms. The molecule has 2 heterocycles. The normalized spacial score (nSPS) is 10.4. The fraction of sp³-hybridized carbons (Fsp3) is 0.176. The predicted molar refractivity (Wildman–Crippen MR) is 85.1 cm³/mol. The van der Waals surface area contributed by atoms with Gasteiger partial charge in [0.25, 0.3) is 5.91 Å².